The first kappa shape index (κ1) is 13.4. The minimum atomic E-state index is -0.00402. The van der Waals surface area contributed by atoms with Crippen molar-refractivity contribution in [3.63, 3.8) is 0 Å². The lowest BCUT2D eigenvalue weighted by molar-refractivity contribution is 0.479. The number of hydrogen-bond donors (Lipinski definition) is 1. The highest BCUT2D eigenvalue weighted by atomic mass is 79.9. The molecule has 0 fully saturated rings. The molecule has 0 heterocycles. The second-order valence-electron chi connectivity index (χ2n) is 4.01. The quantitative estimate of drug-likeness (QED) is 0.869. The highest BCUT2D eigenvalue weighted by Crippen LogP contribution is 2.34. The molecule has 0 unspecified atom stereocenters. The number of benzene rings is 2. The van der Waals surface area contributed by atoms with Crippen LogP contribution >= 0.6 is 27.5 Å². The molecular formula is C14H13BrClNO. The van der Waals surface area contributed by atoms with Crippen molar-refractivity contribution in [3.8, 4) is 11.5 Å². The molecule has 0 aromatic heterocycles. The predicted molar refractivity (Wildman–Crippen MR) is 78.3 cm³/mol. The predicted octanol–water partition coefficient (Wildman–Crippen LogP) is 4.91. The maximum atomic E-state index is 6.05. The summed E-state index contributed by atoms with van der Waals surface area (Å²) < 4.78 is 6.61. The molecule has 0 aliphatic rings. The number of ether oxygens (including phenoxy) is 1. The maximum absolute atomic E-state index is 6.05. The molecule has 0 spiro atoms. The Morgan fingerprint density at radius 3 is 2.50 bits per heavy atom. The van der Waals surface area contributed by atoms with Crippen LogP contribution in [0.3, 0.4) is 0 Å². The largest absolute Gasteiger partial charge is 0.455 e. The van der Waals surface area contributed by atoms with Gasteiger partial charge in [-0.2, -0.15) is 0 Å². The molecule has 18 heavy (non-hydrogen) atoms. The lowest BCUT2D eigenvalue weighted by atomic mass is 10.1. The Balaban J connectivity index is 2.28. The van der Waals surface area contributed by atoms with Crippen LogP contribution in [-0.2, 0) is 0 Å². The molecule has 0 bridgehead atoms. The molecule has 0 aliphatic carbocycles. The normalized spacial score (nSPS) is 12.2. The van der Waals surface area contributed by atoms with Crippen molar-refractivity contribution < 1.29 is 4.74 Å². The van der Waals surface area contributed by atoms with Gasteiger partial charge in [-0.25, -0.2) is 0 Å². The van der Waals surface area contributed by atoms with Crippen LogP contribution in [0.4, 0.5) is 0 Å². The Kier molecular flexibility index (Phi) is 4.27. The summed E-state index contributed by atoms with van der Waals surface area (Å²) >= 11 is 9.52. The van der Waals surface area contributed by atoms with Gasteiger partial charge in [0.25, 0.3) is 0 Å². The van der Waals surface area contributed by atoms with Crippen LogP contribution in [0.1, 0.15) is 18.5 Å². The Hall–Kier alpha value is -1.03. The van der Waals surface area contributed by atoms with E-state index >= 15 is 0 Å². The SMILES string of the molecule is C[C@@H](N)c1ccc(Oc2ccccc2Cl)c(Br)c1. The molecule has 0 amide bonds. The molecule has 2 nitrogen and oxygen atoms in total. The van der Waals surface area contributed by atoms with Crippen LogP contribution in [0.2, 0.25) is 5.02 Å². The van der Waals surface area contributed by atoms with Crippen LogP contribution in [0.25, 0.3) is 0 Å². The number of nitrogens with two attached hydrogens (primary N) is 1. The second kappa shape index (κ2) is 5.74. The maximum Gasteiger partial charge on any atom is 0.146 e. The first-order chi connectivity index (χ1) is 8.58. The lowest BCUT2D eigenvalue weighted by Crippen LogP contribution is -2.04. The van der Waals surface area contributed by atoms with E-state index in [9.17, 15) is 0 Å². The van der Waals surface area contributed by atoms with Crippen LogP contribution in [0.15, 0.2) is 46.9 Å². The van der Waals surface area contributed by atoms with Crippen LogP contribution < -0.4 is 10.5 Å². The highest BCUT2D eigenvalue weighted by Gasteiger charge is 2.08. The topological polar surface area (TPSA) is 35.2 Å². The monoisotopic (exact) mass is 325 g/mol. The van der Waals surface area contributed by atoms with Crippen molar-refractivity contribution in [2.24, 2.45) is 5.73 Å². The highest BCUT2D eigenvalue weighted by molar-refractivity contribution is 9.10. The Labute approximate surface area is 120 Å². The minimum absolute atomic E-state index is 0.00402. The summed E-state index contributed by atoms with van der Waals surface area (Å²) in [6.45, 7) is 1.94. The zero-order chi connectivity index (χ0) is 13.1. The first-order valence-corrected chi connectivity index (χ1v) is 6.72. The molecule has 0 saturated carbocycles. The van der Waals surface area contributed by atoms with Crippen molar-refractivity contribution in [1.82, 2.24) is 0 Å². The Morgan fingerprint density at radius 2 is 1.89 bits per heavy atom. The van der Waals surface area contributed by atoms with Crippen molar-refractivity contribution in [2.45, 2.75) is 13.0 Å². The molecule has 4 heteroatoms. The zero-order valence-corrected chi connectivity index (χ0v) is 12.2. The van der Waals surface area contributed by atoms with E-state index in [1.165, 1.54) is 0 Å². The molecule has 2 N–H and O–H groups in total. The van der Waals surface area contributed by atoms with Gasteiger partial charge in [-0.3, -0.25) is 0 Å². The zero-order valence-electron chi connectivity index (χ0n) is 9.86. The van der Waals surface area contributed by atoms with Crippen molar-refractivity contribution in [2.75, 3.05) is 0 Å². The summed E-state index contributed by atoms with van der Waals surface area (Å²) in [4.78, 5) is 0. The molecule has 2 rings (SSSR count). The summed E-state index contributed by atoms with van der Waals surface area (Å²) in [5.41, 5.74) is 6.88. The van der Waals surface area contributed by atoms with Gasteiger partial charge in [0.1, 0.15) is 11.5 Å². The number of rotatable bonds is 3. The summed E-state index contributed by atoms with van der Waals surface area (Å²) in [6, 6.07) is 13.1. The van der Waals surface area contributed by atoms with Gasteiger partial charge in [0, 0.05) is 6.04 Å². The molecule has 2 aromatic carbocycles. The lowest BCUT2D eigenvalue weighted by Gasteiger charge is -2.12. The number of para-hydroxylation sites is 1. The van der Waals surface area contributed by atoms with E-state index in [2.05, 4.69) is 15.9 Å². The third kappa shape index (κ3) is 3.05. The van der Waals surface area contributed by atoms with Gasteiger partial charge in [-0.15, -0.1) is 0 Å². The van der Waals surface area contributed by atoms with Gasteiger partial charge in [0.2, 0.25) is 0 Å². The van der Waals surface area contributed by atoms with E-state index < -0.39 is 0 Å². The molecular weight excluding hydrogens is 314 g/mol. The molecule has 94 valence electrons. The van der Waals surface area contributed by atoms with E-state index in [4.69, 9.17) is 22.1 Å². The van der Waals surface area contributed by atoms with Crippen molar-refractivity contribution in [3.05, 3.63) is 57.5 Å². The summed E-state index contributed by atoms with van der Waals surface area (Å²) in [5.74, 6) is 1.35. The standard InChI is InChI=1S/C14H13BrClNO/c1-9(17)10-6-7-13(11(15)8-10)18-14-5-3-2-4-12(14)16/h2-9H,17H2,1H3/t9-/m1/s1. The fraction of sp³-hybridized carbons (Fsp3) is 0.143. The van der Waals surface area contributed by atoms with Crippen LogP contribution in [0, 0.1) is 0 Å². The molecule has 0 aliphatic heterocycles. The van der Waals surface area contributed by atoms with E-state index in [0.29, 0.717) is 16.5 Å². The number of hydrogen-bond acceptors (Lipinski definition) is 2. The van der Waals surface area contributed by atoms with Crippen molar-refractivity contribution >= 4 is 27.5 Å². The summed E-state index contributed by atoms with van der Waals surface area (Å²) in [5, 5.41) is 0.584. The fourth-order valence-electron chi connectivity index (χ4n) is 1.53. The van der Waals surface area contributed by atoms with Gasteiger partial charge >= 0.3 is 0 Å². The van der Waals surface area contributed by atoms with Gasteiger partial charge < -0.3 is 10.5 Å². The van der Waals surface area contributed by atoms with E-state index in [1.54, 1.807) is 6.07 Å². The second-order valence-corrected chi connectivity index (χ2v) is 5.27. The van der Waals surface area contributed by atoms with Gasteiger partial charge in [0.05, 0.1) is 9.50 Å². The average Bonchev–Trinajstić information content (AvgIpc) is 2.34. The summed E-state index contributed by atoms with van der Waals surface area (Å²) in [6.07, 6.45) is 0. The van der Waals surface area contributed by atoms with Crippen molar-refractivity contribution in [1.29, 1.82) is 0 Å². The van der Waals surface area contributed by atoms with Gasteiger partial charge in [-0.05, 0) is 52.7 Å². The third-order valence-electron chi connectivity index (χ3n) is 2.54. The van der Waals surface area contributed by atoms with E-state index in [1.807, 2.05) is 43.3 Å². The fourth-order valence-corrected chi connectivity index (χ4v) is 2.18. The Morgan fingerprint density at radius 1 is 1.17 bits per heavy atom. The van der Waals surface area contributed by atoms with Crippen LogP contribution in [-0.4, -0.2) is 0 Å². The van der Waals surface area contributed by atoms with E-state index in [-0.39, 0.29) is 6.04 Å². The van der Waals surface area contributed by atoms with Gasteiger partial charge in [0.15, 0.2) is 0 Å². The molecule has 0 saturated heterocycles. The van der Waals surface area contributed by atoms with Crippen LogP contribution in [0.5, 0.6) is 11.5 Å². The minimum Gasteiger partial charge on any atom is -0.455 e. The van der Waals surface area contributed by atoms with Gasteiger partial charge in [-0.1, -0.05) is 29.8 Å². The average molecular weight is 327 g/mol. The molecule has 1 atom stereocenters. The smallest absolute Gasteiger partial charge is 0.146 e. The molecule has 0 radical (unpaired) electrons. The van der Waals surface area contributed by atoms with E-state index in [0.717, 1.165) is 10.0 Å². The number of halogens is 2. The first-order valence-electron chi connectivity index (χ1n) is 5.55. The summed E-state index contributed by atoms with van der Waals surface area (Å²) in [7, 11) is 0. The third-order valence-corrected chi connectivity index (χ3v) is 3.47. The Bertz CT molecular complexity index is 557. The molecule has 2 aromatic rings.